The zero-order chi connectivity index (χ0) is 14.3. The summed E-state index contributed by atoms with van der Waals surface area (Å²) in [7, 11) is 3.28. The summed E-state index contributed by atoms with van der Waals surface area (Å²) < 4.78 is 18.0. The number of amides is 1. The van der Waals surface area contributed by atoms with Crippen LogP contribution in [0.1, 0.15) is 5.56 Å². The van der Waals surface area contributed by atoms with Crippen LogP contribution in [0.15, 0.2) is 18.2 Å². The van der Waals surface area contributed by atoms with Crippen LogP contribution in [-0.4, -0.2) is 44.7 Å². The van der Waals surface area contributed by atoms with E-state index in [1.807, 2.05) is 0 Å². The summed E-state index contributed by atoms with van der Waals surface area (Å²) >= 11 is 5.96. The summed E-state index contributed by atoms with van der Waals surface area (Å²) in [6, 6.07) is 4.16. The Morgan fingerprint density at radius 2 is 2.26 bits per heavy atom. The lowest BCUT2D eigenvalue weighted by atomic mass is 10.2. The molecular formula is C13H18ClFN2O2. The zero-order valence-electron chi connectivity index (χ0n) is 11.1. The molecule has 0 aliphatic carbocycles. The average molecular weight is 289 g/mol. The van der Waals surface area contributed by atoms with E-state index in [0.717, 1.165) is 0 Å². The number of nitrogens with zero attached hydrogens (tertiary/aromatic N) is 1. The topological polar surface area (TPSA) is 41.6 Å². The molecule has 106 valence electrons. The van der Waals surface area contributed by atoms with E-state index in [9.17, 15) is 9.18 Å². The van der Waals surface area contributed by atoms with E-state index in [2.05, 4.69) is 5.32 Å². The Bertz CT molecular complexity index is 429. The Morgan fingerprint density at radius 3 is 2.84 bits per heavy atom. The maximum absolute atomic E-state index is 13.0. The highest BCUT2D eigenvalue weighted by Crippen LogP contribution is 2.19. The van der Waals surface area contributed by atoms with Crippen molar-refractivity contribution in [1.29, 1.82) is 0 Å². The molecule has 0 spiro atoms. The lowest BCUT2D eigenvalue weighted by Gasteiger charge is -2.23. The fourth-order valence-electron chi connectivity index (χ4n) is 1.61. The van der Waals surface area contributed by atoms with Gasteiger partial charge >= 0.3 is 0 Å². The van der Waals surface area contributed by atoms with Gasteiger partial charge in [0.25, 0.3) is 0 Å². The van der Waals surface area contributed by atoms with E-state index in [-0.39, 0.29) is 12.5 Å². The fraction of sp³-hybridized carbons (Fsp3) is 0.462. The van der Waals surface area contributed by atoms with Crippen molar-refractivity contribution < 1.29 is 13.9 Å². The molecule has 0 atom stereocenters. The predicted octanol–water partition coefficient (Wildman–Crippen LogP) is 1.67. The van der Waals surface area contributed by atoms with E-state index in [1.165, 1.54) is 12.1 Å². The smallest absolute Gasteiger partial charge is 0.236 e. The van der Waals surface area contributed by atoms with E-state index in [0.29, 0.717) is 30.3 Å². The summed E-state index contributed by atoms with van der Waals surface area (Å²) in [5.41, 5.74) is 0.712. The maximum Gasteiger partial charge on any atom is 0.236 e. The molecule has 0 fully saturated rings. The minimum Gasteiger partial charge on any atom is -0.383 e. The fourth-order valence-corrected chi connectivity index (χ4v) is 1.84. The highest BCUT2D eigenvalue weighted by molar-refractivity contribution is 6.31. The minimum absolute atomic E-state index is 0.0556. The number of methoxy groups -OCH3 is 1. The highest BCUT2D eigenvalue weighted by Gasteiger charge is 2.14. The summed E-state index contributed by atoms with van der Waals surface area (Å²) in [6.45, 7) is 1.48. The van der Waals surface area contributed by atoms with Gasteiger partial charge in [-0.05, 0) is 24.7 Å². The molecule has 6 heteroatoms. The van der Waals surface area contributed by atoms with Gasteiger partial charge in [-0.25, -0.2) is 4.39 Å². The second kappa shape index (κ2) is 8.09. The van der Waals surface area contributed by atoms with Gasteiger partial charge in [0.2, 0.25) is 5.91 Å². The molecule has 1 aromatic carbocycles. The molecule has 1 N–H and O–H groups in total. The highest BCUT2D eigenvalue weighted by atomic mass is 35.5. The second-order valence-corrected chi connectivity index (χ2v) is 4.48. The van der Waals surface area contributed by atoms with Crippen LogP contribution < -0.4 is 5.32 Å². The molecule has 0 radical (unpaired) electrons. The number of halogens is 2. The monoisotopic (exact) mass is 288 g/mol. The van der Waals surface area contributed by atoms with E-state index < -0.39 is 5.82 Å². The first-order chi connectivity index (χ1) is 9.08. The molecule has 4 nitrogen and oxygen atoms in total. The van der Waals surface area contributed by atoms with Gasteiger partial charge < -0.3 is 15.0 Å². The molecule has 0 unspecified atom stereocenters. The van der Waals surface area contributed by atoms with Crippen molar-refractivity contribution in [3.05, 3.63) is 34.6 Å². The molecule has 1 amide bonds. The second-order valence-electron chi connectivity index (χ2n) is 4.07. The molecule has 0 aliphatic heterocycles. The van der Waals surface area contributed by atoms with Gasteiger partial charge in [0, 0.05) is 25.2 Å². The maximum atomic E-state index is 13.0. The number of rotatable bonds is 7. The molecular weight excluding hydrogens is 271 g/mol. The van der Waals surface area contributed by atoms with Gasteiger partial charge in [-0.3, -0.25) is 4.79 Å². The van der Waals surface area contributed by atoms with Gasteiger partial charge in [0.1, 0.15) is 5.82 Å². The summed E-state index contributed by atoms with van der Waals surface area (Å²) in [6.07, 6.45) is 0. The van der Waals surface area contributed by atoms with Crippen molar-refractivity contribution in [2.45, 2.75) is 6.54 Å². The van der Waals surface area contributed by atoms with E-state index >= 15 is 0 Å². The van der Waals surface area contributed by atoms with Gasteiger partial charge in [0.15, 0.2) is 0 Å². The molecule has 0 saturated carbocycles. The predicted molar refractivity (Wildman–Crippen MR) is 72.6 cm³/mol. The SMILES string of the molecule is CNCC(=O)N(CCOC)Cc1ccc(F)cc1Cl. The Hall–Kier alpha value is -1.17. The Kier molecular flexibility index (Phi) is 6.77. The quantitative estimate of drug-likeness (QED) is 0.830. The number of nitrogens with one attached hydrogen (secondary N) is 1. The first kappa shape index (κ1) is 15.9. The number of carbonyl (C=O) groups excluding carboxylic acids is 1. The lowest BCUT2D eigenvalue weighted by Crippen LogP contribution is -2.38. The van der Waals surface area contributed by atoms with Crippen LogP contribution in [0.3, 0.4) is 0 Å². The number of likely N-dealkylation sites (N-methyl/N-ethyl adjacent to an activating group) is 1. The number of hydrogen-bond acceptors (Lipinski definition) is 3. The normalized spacial score (nSPS) is 10.5. The van der Waals surface area contributed by atoms with Crippen LogP contribution in [0, 0.1) is 5.82 Å². The average Bonchev–Trinajstić information content (AvgIpc) is 2.37. The van der Waals surface area contributed by atoms with Gasteiger partial charge in [-0.15, -0.1) is 0 Å². The first-order valence-electron chi connectivity index (χ1n) is 5.93. The Morgan fingerprint density at radius 1 is 1.53 bits per heavy atom. The molecule has 0 aliphatic rings. The zero-order valence-corrected chi connectivity index (χ0v) is 11.8. The van der Waals surface area contributed by atoms with Crippen molar-refractivity contribution in [3.8, 4) is 0 Å². The third kappa shape index (κ3) is 5.14. The molecule has 0 aromatic heterocycles. The molecule has 0 heterocycles. The van der Waals surface area contributed by atoms with Gasteiger partial charge in [-0.2, -0.15) is 0 Å². The van der Waals surface area contributed by atoms with Crippen molar-refractivity contribution in [2.75, 3.05) is 33.9 Å². The Labute approximate surface area is 117 Å². The molecule has 1 aromatic rings. The summed E-state index contributed by atoms with van der Waals surface area (Å²) in [5.74, 6) is -0.446. The Balaban J connectivity index is 2.77. The molecule has 0 saturated heterocycles. The molecule has 19 heavy (non-hydrogen) atoms. The first-order valence-corrected chi connectivity index (χ1v) is 6.31. The largest absolute Gasteiger partial charge is 0.383 e. The number of hydrogen-bond donors (Lipinski definition) is 1. The number of ether oxygens (including phenoxy) is 1. The van der Waals surface area contributed by atoms with E-state index in [4.69, 9.17) is 16.3 Å². The summed E-state index contributed by atoms with van der Waals surface area (Å²) in [5, 5.41) is 3.13. The number of benzene rings is 1. The third-order valence-electron chi connectivity index (χ3n) is 2.62. The van der Waals surface area contributed by atoms with Crippen LogP contribution >= 0.6 is 11.6 Å². The van der Waals surface area contributed by atoms with Crippen LogP contribution in [0.4, 0.5) is 4.39 Å². The van der Waals surface area contributed by atoms with E-state index in [1.54, 1.807) is 25.1 Å². The van der Waals surface area contributed by atoms with Gasteiger partial charge in [0.05, 0.1) is 13.2 Å². The lowest BCUT2D eigenvalue weighted by molar-refractivity contribution is -0.131. The van der Waals surface area contributed by atoms with Crippen molar-refractivity contribution >= 4 is 17.5 Å². The van der Waals surface area contributed by atoms with Crippen LogP contribution in [0.25, 0.3) is 0 Å². The summed E-state index contributed by atoms with van der Waals surface area (Å²) in [4.78, 5) is 13.5. The van der Waals surface area contributed by atoms with Crippen LogP contribution in [-0.2, 0) is 16.1 Å². The standard InChI is InChI=1S/C13H18ClFN2O2/c1-16-8-13(18)17(5-6-19-2)9-10-3-4-11(15)7-12(10)14/h3-4,7,16H,5-6,8-9H2,1-2H3. The molecule has 1 rings (SSSR count). The van der Waals surface area contributed by atoms with Gasteiger partial charge in [-0.1, -0.05) is 17.7 Å². The van der Waals surface area contributed by atoms with Crippen LogP contribution in [0.2, 0.25) is 5.02 Å². The number of carbonyl (C=O) groups is 1. The van der Waals surface area contributed by atoms with Crippen molar-refractivity contribution in [2.24, 2.45) is 0 Å². The van der Waals surface area contributed by atoms with Crippen molar-refractivity contribution in [3.63, 3.8) is 0 Å². The minimum atomic E-state index is -0.390. The van der Waals surface area contributed by atoms with Crippen molar-refractivity contribution in [1.82, 2.24) is 10.2 Å². The molecule has 0 bridgehead atoms. The van der Waals surface area contributed by atoms with Crippen LogP contribution in [0.5, 0.6) is 0 Å². The third-order valence-corrected chi connectivity index (χ3v) is 2.97.